The number of nitrogens with one attached hydrogen (secondary N) is 1. The second kappa shape index (κ2) is 6.35. The summed E-state index contributed by atoms with van der Waals surface area (Å²) >= 11 is 0. The lowest BCUT2D eigenvalue weighted by molar-refractivity contribution is 0.0976. The molecule has 0 bridgehead atoms. The molecule has 136 valence electrons. The van der Waals surface area contributed by atoms with Gasteiger partial charge in [0.05, 0.1) is 11.5 Å². The minimum absolute atomic E-state index is 0.0613. The number of carbonyl (C=O) groups is 1. The fourth-order valence-electron chi connectivity index (χ4n) is 3.67. The highest BCUT2D eigenvalue weighted by molar-refractivity contribution is 7.91. The van der Waals surface area contributed by atoms with Crippen molar-refractivity contribution in [1.82, 2.24) is 9.97 Å². The van der Waals surface area contributed by atoms with Gasteiger partial charge < -0.3 is 10.2 Å². The topological polar surface area (TPSA) is 92.3 Å². The summed E-state index contributed by atoms with van der Waals surface area (Å²) in [5.74, 6) is 0.581. The molecule has 7 nitrogen and oxygen atoms in total. The molecule has 3 heterocycles. The summed E-state index contributed by atoms with van der Waals surface area (Å²) in [4.78, 5) is 23.1. The molecule has 1 aromatic heterocycles. The Bertz CT molecular complexity index is 960. The molecule has 4 rings (SSSR count). The molecular formula is C18H20N4O3S. The van der Waals surface area contributed by atoms with Gasteiger partial charge in [0.1, 0.15) is 17.8 Å². The van der Waals surface area contributed by atoms with Crippen LogP contribution in [0.3, 0.4) is 0 Å². The van der Waals surface area contributed by atoms with Crippen molar-refractivity contribution in [3.05, 3.63) is 47.9 Å². The Morgan fingerprint density at radius 1 is 1.27 bits per heavy atom. The van der Waals surface area contributed by atoms with Crippen molar-refractivity contribution in [2.45, 2.75) is 31.8 Å². The van der Waals surface area contributed by atoms with Crippen LogP contribution < -0.4 is 10.2 Å². The van der Waals surface area contributed by atoms with E-state index in [0.29, 0.717) is 17.9 Å². The third-order valence-electron chi connectivity index (χ3n) is 4.90. The Labute approximate surface area is 152 Å². The van der Waals surface area contributed by atoms with Gasteiger partial charge in [0, 0.05) is 23.8 Å². The van der Waals surface area contributed by atoms with Crippen molar-refractivity contribution >= 4 is 27.2 Å². The first-order chi connectivity index (χ1) is 12.4. The number of fused-ring (bicyclic) bond motifs is 1. The van der Waals surface area contributed by atoms with E-state index in [1.54, 1.807) is 11.0 Å². The minimum Gasteiger partial charge on any atom is -0.366 e. The maximum Gasteiger partial charge on any atom is 0.277 e. The van der Waals surface area contributed by atoms with Crippen LogP contribution in [0.4, 0.5) is 11.5 Å². The Morgan fingerprint density at radius 3 is 2.85 bits per heavy atom. The first kappa shape index (κ1) is 17.0. The van der Waals surface area contributed by atoms with Crippen LogP contribution in [0.25, 0.3) is 0 Å². The highest BCUT2D eigenvalue weighted by Gasteiger charge is 2.32. The molecule has 8 heteroatoms. The number of hydrogen-bond acceptors (Lipinski definition) is 6. The molecular weight excluding hydrogens is 352 g/mol. The van der Waals surface area contributed by atoms with E-state index in [4.69, 9.17) is 0 Å². The van der Waals surface area contributed by atoms with Gasteiger partial charge in [0.2, 0.25) is 0 Å². The van der Waals surface area contributed by atoms with Crippen LogP contribution in [0, 0.1) is 0 Å². The van der Waals surface area contributed by atoms with Crippen molar-refractivity contribution in [3.63, 3.8) is 0 Å². The van der Waals surface area contributed by atoms with Crippen LogP contribution in [0.2, 0.25) is 0 Å². The van der Waals surface area contributed by atoms with Gasteiger partial charge in [-0.3, -0.25) is 4.79 Å². The number of sulfone groups is 1. The second-order valence-electron chi connectivity index (χ2n) is 6.89. The van der Waals surface area contributed by atoms with Gasteiger partial charge in [0.15, 0.2) is 9.84 Å². The van der Waals surface area contributed by atoms with Gasteiger partial charge in [0.25, 0.3) is 5.91 Å². The van der Waals surface area contributed by atoms with Crippen LogP contribution in [0.5, 0.6) is 0 Å². The third-order valence-corrected chi connectivity index (χ3v) is 6.66. The number of nitrogens with zero attached hydrogens (tertiary/aromatic N) is 3. The summed E-state index contributed by atoms with van der Waals surface area (Å²) in [6, 6.07) is 9.36. The maximum atomic E-state index is 13.0. The standard InChI is InChI=1S/C18H20N4O3S/c1-12-8-13-4-2-3-5-16(13)22(12)18(23)15-9-17(20-11-19-15)21-14-6-7-26(24,25)10-14/h2-5,9,11-12,14H,6-8,10H2,1H3,(H,19,20,21). The number of para-hydroxylation sites is 1. The molecule has 1 fully saturated rings. The predicted octanol–water partition coefficient (Wildman–Crippen LogP) is 1.67. The van der Waals surface area contributed by atoms with E-state index in [1.807, 2.05) is 31.2 Å². The number of carbonyl (C=O) groups excluding carboxylic acids is 1. The summed E-state index contributed by atoms with van der Waals surface area (Å²) in [6.45, 7) is 2.02. The number of hydrogen-bond donors (Lipinski definition) is 1. The summed E-state index contributed by atoms with van der Waals surface area (Å²) in [5, 5.41) is 3.11. The molecule has 0 aliphatic carbocycles. The Morgan fingerprint density at radius 2 is 2.08 bits per heavy atom. The molecule has 0 spiro atoms. The Balaban J connectivity index is 1.56. The number of anilines is 2. The highest BCUT2D eigenvalue weighted by Crippen LogP contribution is 2.33. The van der Waals surface area contributed by atoms with Gasteiger partial charge in [-0.05, 0) is 31.4 Å². The molecule has 2 aliphatic rings. The van der Waals surface area contributed by atoms with Crippen molar-refractivity contribution < 1.29 is 13.2 Å². The number of rotatable bonds is 3. The van der Waals surface area contributed by atoms with Crippen molar-refractivity contribution in [2.24, 2.45) is 0 Å². The van der Waals surface area contributed by atoms with Crippen LogP contribution >= 0.6 is 0 Å². The molecule has 1 amide bonds. The molecule has 0 radical (unpaired) electrons. The monoisotopic (exact) mass is 372 g/mol. The smallest absolute Gasteiger partial charge is 0.277 e. The summed E-state index contributed by atoms with van der Waals surface area (Å²) in [5.41, 5.74) is 2.36. The molecule has 2 unspecified atom stereocenters. The predicted molar refractivity (Wildman–Crippen MR) is 99.1 cm³/mol. The number of aromatic nitrogens is 2. The van der Waals surface area contributed by atoms with Gasteiger partial charge in [-0.15, -0.1) is 0 Å². The molecule has 26 heavy (non-hydrogen) atoms. The SMILES string of the molecule is CC1Cc2ccccc2N1C(=O)c1cc(NC2CCS(=O)(=O)C2)ncn1. The summed E-state index contributed by atoms with van der Waals surface area (Å²) in [6.07, 6.45) is 2.70. The van der Waals surface area contributed by atoms with E-state index < -0.39 is 9.84 Å². The largest absolute Gasteiger partial charge is 0.366 e. The third kappa shape index (κ3) is 3.16. The average molecular weight is 372 g/mol. The summed E-state index contributed by atoms with van der Waals surface area (Å²) < 4.78 is 23.2. The zero-order valence-electron chi connectivity index (χ0n) is 14.4. The van der Waals surface area contributed by atoms with Crippen molar-refractivity contribution in [1.29, 1.82) is 0 Å². The van der Waals surface area contributed by atoms with Crippen LogP contribution in [-0.4, -0.2) is 47.9 Å². The van der Waals surface area contributed by atoms with Gasteiger partial charge in [-0.2, -0.15) is 0 Å². The first-order valence-electron chi connectivity index (χ1n) is 8.63. The molecule has 1 aromatic carbocycles. The zero-order valence-corrected chi connectivity index (χ0v) is 15.2. The minimum atomic E-state index is -2.98. The fraction of sp³-hybridized carbons (Fsp3) is 0.389. The average Bonchev–Trinajstić information content (AvgIpc) is 3.12. The van der Waals surface area contributed by atoms with Gasteiger partial charge in [-0.1, -0.05) is 18.2 Å². The Kier molecular flexibility index (Phi) is 4.14. The van der Waals surface area contributed by atoms with E-state index in [0.717, 1.165) is 17.7 Å². The summed E-state index contributed by atoms with van der Waals surface area (Å²) in [7, 11) is -2.98. The van der Waals surface area contributed by atoms with Crippen LogP contribution in [-0.2, 0) is 16.3 Å². The number of amides is 1. The maximum absolute atomic E-state index is 13.0. The molecule has 2 aromatic rings. The van der Waals surface area contributed by atoms with Crippen LogP contribution in [0.15, 0.2) is 36.7 Å². The molecule has 2 atom stereocenters. The lowest BCUT2D eigenvalue weighted by atomic mass is 10.1. The van der Waals surface area contributed by atoms with Crippen molar-refractivity contribution in [3.8, 4) is 0 Å². The van der Waals surface area contributed by atoms with E-state index in [1.165, 1.54) is 6.33 Å². The fourth-order valence-corrected chi connectivity index (χ4v) is 5.34. The van der Waals surface area contributed by atoms with Crippen molar-refractivity contribution in [2.75, 3.05) is 21.7 Å². The van der Waals surface area contributed by atoms with Gasteiger partial charge >= 0.3 is 0 Å². The van der Waals surface area contributed by atoms with E-state index in [-0.39, 0.29) is 29.5 Å². The Hall–Kier alpha value is -2.48. The lowest BCUT2D eigenvalue weighted by Gasteiger charge is -2.22. The molecule has 1 saturated heterocycles. The second-order valence-corrected chi connectivity index (χ2v) is 9.12. The first-order valence-corrected chi connectivity index (χ1v) is 10.5. The quantitative estimate of drug-likeness (QED) is 0.881. The van der Waals surface area contributed by atoms with E-state index >= 15 is 0 Å². The highest BCUT2D eigenvalue weighted by atomic mass is 32.2. The van der Waals surface area contributed by atoms with E-state index in [2.05, 4.69) is 15.3 Å². The zero-order chi connectivity index (χ0) is 18.3. The van der Waals surface area contributed by atoms with Crippen LogP contribution in [0.1, 0.15) is 29.4 Å². The molecule has 1 N–H and O–H groups in total. The van der Waals surface area contributed by atoms with E-state index in [9.17, 15) is 13.2 Å². The molecule has 2 aliphatic heterocycles. The number of benzene rings is 1. The van der Waals surface area contributed by atoms with Gasteiger partial charge in [-0.25, -0.2) is 18.4 Å². The lowest BCUT2D eigenvalue weighted by Crippen LogP contribution is -2.36. The molecule has 0 saturated carbocycles. The normalized spacial score (nSPS) is 23.7.